The first-order chi connectivity index (χ1) is 8.63. The van der Waals surface area contributed by atoms with Crippen LogP contribution in [-0.4, -0.2) is 44.2 Å². The second-order valence-corrected chi connectivity index (χ2v) is 4.89. The molecule has 98 valence electrons. The van der Waals surface area contributed by atoms with Crippen LogP contribution in [0.25, 0.3) is 0 Å². The van der Waals surface area contributed by atoms with Crippen molar-refractivity contribution >= 4 is 5.91 Å². The number of fused-ring (bicyclic) bond motifs is 1. The predicted octanol–water partition coefficient (Wildman–Crippen LogP) is 0.758. The third-order valence-corrected chi connectivity index (χ3v) is 3.42. The highest BCUT2D eigenvalue weighted by Crippen LogP contribution is 2.35. The molecule has 2 N–H and O–H groups in total. The highest BCUT2D eigenvalue weighted by atomic mass is 16.5. The number of nitrogens with two attached hydrogens (primary N) is 1. The van der Waals surface area contributed by atoms with E-state index in [1.165, 1.54) is 5.56 Å². The van der Waals surface area contributed by atoms with Gasteiger partial charge in [-0.25, -0.2) is 0 Å². The summed E-state index contributed by atoms with van der Waals surface area (Å²) in [6.07, 6.45) is 0.846. The monoisotopic (exact) mass is 248 g/mol. The van der Waals surface area contributed by atoms with Gasteiger partial charge in [-0.15, -0.1) is 0 Å². The lowest BCUT2D eigenvalue weighted by atomic mass is 9.77. The van der Waals surface area contributed by atoms with Crippen molar-refractivity contribution in [2.45, 2.75) is 18.4 Å². The Bertz CT molecular complexity index is 434. The highest BCUT2D eigenvalue weighted by molar-refractivity contribution is 5.86. The molecule has 0 aliphatic heterocycles. The molecule has 2 unspecified atom stereocenters. The van der Waals surface area contributed by atoms with Crippen LogP contribution in [0.4, 0.5) is 0 Å². The van der Waals surface area contributed by atoms with Crippen LogP contribution < -0.4 is 5.73 Å². The molecule has 0 bridgehead atoms. The van der Waals surface area contributed by atoms with Crippen LogP contribution in [0, 0.1) is 0 Å². The predicted molar refractivity (Wildman–Crippen MR) is 70.4 cm³/mol. The molecule has 4 nitrogen and oxygen atoms in total. The molecule has 1 aromatic carbocycles. The lowest BCUT2D eigenvalue weighted by Gasteiger charge is -2.33. The minimum absolute atomic E-state index is 0.0148. The maximum Gasteiger partial charge on any atom is 0.230 e. The van der Waals surface area contributed by atoms with E-state index in [2.05, 4.69) is 6.07 Å². The zero-order valence-corrected chi connectivity index (χ0v) is 10.9. The normalized spacial score (nSPS) is 18.7. The Morgan fingerprint density at radius 3 is 2.94 bits per heavy atom. The molecule has 0 aromatic heterocycles. The van der Waals surface area contributed by atoms with Gasteiger partial charge in [0.25, 0.3) is 0 Å². The maximum atomic E-state index is 12.3. The second-order valence-electron chi connectivity index (χ2n) is 4.89. The molecule has 2 rings (SSSR count). The first kappa shape index (κ1) is 13.1. The molecule has 4 heteroatoms. The largest absolute Gasteiger partial charge is 0.383 e. The summed E-state index contributed by atoms with van der Waals surface area (Å²) in [6, 6.07) is 7.98. The van der Waals surface area contributed by atoms with Gasteiger partial charge in [0.2, 0.25) is 5.91 Å². The molecule has 1 aliphatic rings. The van der Waals surface area contributed by atoms with Crippen molar-refractivity contribution in [3.05, 3.63) is 35.4 Å². The summed E-state index contributed by atoms with van der Waals surface area (Å²) >= 11 is 0. The average Bonchev–Trinajstić information content (AvgIpc) is 2.30. The van der Waals surface area contributed by atoms with E-state index >= 15 is 0 Å². The maximum absolute atomic E-state index is 12.3. The number of likely N-dealkylation sites (N-methyl/N-ethyl adjacent to an activating group) is 1. The number of carbonyl (C=O) groups excluding carboxylic acids is 1. The number of nitrogens with zero attached hydrogens (tertiary/aromatic N) is 1. The van der Waals surface area contributed by atoms with Crippen LogP contribution >= 0.6 is 0 Å². The fraction of sp³-hybridized carbons (Fsp3) is 0.500. The van der Waals surface area contributed by atoms with E-state index in [0.717, 1.165) is 12.0 Å². The van der Waals surface area contributed by atoms with Gasteiger partial charge in [0.15, 0.2) is 0 Å². The van der Waals surface area contributed by atoms with Crippen LogP contribution in [0.2, 0.25) is 0 Å². The minimum atomic E-state index is -0.126. The Labute approximate surface area is 108 Å². The van der Waals surface area contributed by atoms with Gasteiger partial charge in [0, 0.05) is 26.7 Å². The van der Waals surface area contributed by atoms with Gasteiger partial charge in [0.1, 0.15) is 0 Å². The summed E-state index contributed by atoms with van der Waals surface area (Å²) in [4.78, 5) is 14.0. The molecule has 18 heavy (non-hydrogen) atoms. The molecule has 1 aliphatic carbocycles. The Balaban J connectivity index is 1.93. The van der Waals surface area contributed by atoms with Crippen molar-refractivity contribution in [3.8, 4) is 0 Å². The number of rotatable bonds is 5. The molecular weight excluding hydrogens is 228 g/mol. The number of carbonyl (C=O) groups is 1. The smallest absolute Gasteiger partial charge is 0.230 e. The summed E-state index contributed by atoms with van der Waals surface area (Å²) in [5.41, 5.74) is 8.30. The first-order valence-corrected chi connectivity index (χ1v) is 6.20. The molecule has 0 saturated heterocycles. The van der Waals surface area contributed by atoms with Crippen molar-refractivity contribution in [2.75, 3.05) is 27.3 Å². The van der Waals surface area contributed by atoms with E-state index < -0.39 is 0 Å². The molecule has 0 fully saturated rings. The zero-order valence-electron chi connectivity index (χ0n) is 10.9. The summed E-state index contributed by atoms with van der Waals surface area (Å²) in [6.45, 7) is 1.00. The van der Waals surface area contributed by atoms with Gasteiger partial charge in [-0.05, 0) is 17.5 Å². The van der Waals surface area contributed by atoms with E-state index in [-0.39, 0.29) is 17.9 Å². The van der Waals surface area contributed by atoms with Gasteiger partial charge >= 0.3 is 0 Å². The van der Waals surface area contributed by atoms with Crippen LogP contribution in [-0.2, 0) is 16.0 Å². The fourth-order valence-corrected chi connectivity index (χ4v) is 2.45. The van der Waals surface area contributed by atoms with Crippen molar-refractivity contribution in [1.29, 1.82) is 0 Å². The zero-order chi connectivity index (χ0) is 13.1. The summed E-state index contributed by atoms with van der Waals surface area (Å²) in [7, 11) is 3.42. The van der Waals surface area contributed by atoms with Crippen LogP contribution in [0.1, 0.15) is 17.0 Å². The van der Waals surface area contributed by atoms with Crippen molar-refractivity contribution < 1.29 is 9.53 Å². The minimum Gasteiger partial charge on any atom is -0.383 e. The van der Waals surface area contributed by atoms with Gasteiger partial charge < -0.3 is 15.4 Å². The van der Waals surface area contributed by atoms with Crippen LogP contribution in [0.15, 0.2) is 24.3 Å². The lowest BCUT2D eigenvalue weighted by molar-refractivity contribution is -0.132. The number of benzene rings is 1. The van der Waals surface area contributed by atoms with E-state index in [0.29, 0.717) is 13.2 Å². The molecule has 1 aromatic rings. The third-order valence-electron chi connectivity index (χ3n) is 3.42. The molecule has 0 heterocycles. The summed E-state index contributed by atoms with van der Waals surface area (Å²) in [5, 5.41) is 0. The second kappa shape index (κ2) is 5.50. The van der Waals surface area contributed by atoms with E-state index in [1.807, 2.05) is 18.2 Å². The number of methoxy groups -OCH3 is 1. The number of amides is 1. The van der Waals surface area contributed by atoms with Gasteiger partial charge in [0.05, 0.1) is 12.5 Å². The molecule has 0 radical (unpaired) electrons. The first-order valence-electron chi connectivity index (χ1n) is 6.20. The number of hydrogen-bond donors (Lipinski definition) is 1. The van der Waals surface area contributed by atoms with Crippen LogP contribution in [0.3, 0.4) is 0 Å². The SMILES string of the molecule is COCC(N)CN(C)C(=O)C1Cc2ccccc21. The van der Waals surface area contributed by atoms with Crippen molar-refractivity contribution in [1.82, 2.24) is 4.90 Å². The van der Waals surface area contributed by atoms with Crippen molar-refractivity contribution in [2.24, 2.45) is 5.73 Å². The summed E-state index contributed by atoms with van der Waals surface area (Å²) in [5.74, 6) is 0.168. The fourth-order valence-electron chi connectivity index (χ4n) is 2.45. The summed E-state index contributed by atoms with van der Waals surface area (Å²) < 4.78 is 4.98. The number of ether oxygens (including phenoxy) is 1. The standard InChI is InChI=1S/C14H20N2O2/c1-16(8-11(15)9-18-2)14(17)13-7-10-5-3-4-6-12(10)13/h3-6,11,13H,7-9,15H2,1-2H3. The lowest BCUT2D eigenvalue weighted by Crippen LogP contribution is -2.44. The number of hydrogen-bond acceptors (Lipinski definition) is 3. The Morgan fingerprint density at radius 2 is 2.28 bits per heavy atom. The van der Waals surface area contributed by atoms with Crippen molar-refractivity contribution in [3.63, 3.8) is 0 Å². The van der Waals surface area contributed by atoms with Gasteiger partial charge in [-0.3, -0.25) is 4.79 Å². The van der Waals surface area contributed by atoms with Crippen LogP contribution in [0.5, 0.6) is 0 Å². The third kappa shape index (κ3) is 2.54. The molecule has 0 saturated carbocycles. The average molecular weight is 248 g/mol. The van der Waals surface area contributed by atoms with E-state index in [1.54, 1.807) is 19.1 Å². The molecule has 1 amide bonds. The Hall–Kier alpha value is -1.39. The quantitative estimate of drug-likeness (QED) is 0.837. The molecular formula is C14H20N2O2. The highest BCUT2D eigenvalue weighted by Gasteiger charge is 2.33. The topological polar surface area (TPSA) is 55.6 Å². The molecule has 0 spiro atoms. The van der Waals surface area contributed by atoms with Gasteiger partial charge in [-0.2, -0.15) is 0 Å². The Morgan fingerprint density at radius 1 is 1.56 bits per heavy atom. The van der Waals surface area contributed by atoms with Gasteiger partial charge in [-0.1, -0.05) is 24.3 Å². The molecule has 2 atom stereocenters. The van der Waals surface area contributed by atoms with E-state index in [9.17, 15) is 4.79 Å². The Kier molecular flexibility index (Phi) is 3.99. The van der Waals surface area contributed by atoms with E-state index in [4.69, 9.17) is 10.5 Å².